The topological polar surface area (TPSA) is 40.7 Å². The standard InChI is InChI=1S/C13H15Cl2N3/c1-7-3-2-4-16-12(7)13-17-10-5-8(14)9(15)6-11(10)18-13/h5-7,12,16H,2-4H2,1H3,(H,17,18). The van der Waals surface area contributed by atoms with Gasteiger partial charge in [-0.05, 0) is 37.4 Å². The van der Waals surface area contributed by atoms with Crippen molar-refractivity contribution in [2.45, 2.75) is 25.8 Å². The number of nitrogens with one attached hydrogen (secondary N) is 2. The number of aromatic nitrogens is 2. The Kier molecular flexibility index (Phi) is 3.22. The molecule has 5 heteroatoms. The Hall–Kier alpha value is -0.770. The number of hydrogen-bond donors (Lipinski definition) is 2. The van der Waals surface area contributed by atoms with Crippen LogP contribution in [0.3, 0.4) is 0 Å². The molecule has 1 aliphatic heterocycles. The van der Waals surface area contributed by atoms with Gasteiger partial charge in [0.2, 0.25) is 0 Å². The SMILES string of the molecule is CC1CCCNC1c1nc2cc(Cl)c(Cl)cc2[nH]1. The summed E-state index contributed by atoms with van der Waals surface area (Å²) in [7, 11) is 0. The van der Waals surface area contributed by atoms with E-state index in [4.69, 9.17) is 23.2 Å². The Labute approximate surface area is 116 Å². The number of piperidine rings is 1. The molecule has 2 N–H and O–H groups in total. The van der Waals surface area contributed by atoms with Crippen LogP contribution in [0.2, 0.25) is 10.0 Å². The molecule has 0 radical (unpaired) electrons. The zero-order valence-corrected chi connectivity index (χ0v) is 11.6. The summed E-state index contributed by atoms with van der Waals surface area (Å²) in [5.74, 6) is 1.57. The summed E-state index contributed by atoms with van der Waals surface area (Å²) in [5, 5.41) is 4.62. The summed E-state index contributed by atoms with van der Waals surface area (Å²) < 4.78 is 0. The van der Waals surface area contributed by atoms with Gasteiger partial charge in [0.1, 0.15) is 5.82 Å². The molecule has 0 bridgehead atoms. The zero-order valence-electron chi connectivity index (χ0n) is 10.1. The molecule has 1 aliphatic rings. The van der Waals surface area contributed by atoms with Crippen LogP contribution in [0.1, 0.15) is 31.6 Å². The molecule has 18 heavy (non-hydrogen) atoms. The van der Waals surface area contributed by atoms with Gasteiger partial charge in [-0.2, -0.15) is 0 Å². The molecular formula is C13H15Cl2N3. The lowest BCUT2D eigenvalue weighted by atomic mass is 9.92. The van der Waals surface area contributed by atoms with Crippen molar-refractivity contribution in [3.05, 3.63) is 28.0 Å². The van der Waals surface area contributed by atoms with Crippen molar-refractivity contribution in [2.24, 2.45) is 5.92 Å². The summed E-state index contributed by atoms with van der Waals surface area (Å²) in [6, 6.07) is 3.94. The van der Waals surface area contributed by atoms with Crippen LogP contribution in [0.15, 0.2) is 12.1 Å². The van der Waals surface area contributed by atoms with Crippen molar-refractivity contribution in [1.29, 1.82) is 0 Å². The van der Waals surface area contributed by atoms with Crippen LogP contribution >= 0.6 is 23.2 Å². The molecule has 0 aliphatic carbocycles. The first kappa shape index (κ1) is 12.3. The van der Waals surface area contributed by atoms with Gasteiger partial charge in [-0.25, -0.2) is 4.98 Å². The minimum Gasteiger partial charge on any atom is -0.341 e. The predicted octanol–water partition coefficient (Wildman–Crippen LogP) is 3.93. The molecule has 1 aromatic carbocycles. The van der Waals surface area contributed by atoms with Crippen LogP contribution in [-0.2, 0) is 0 Å². The van der Waals surface area contributed by atoms with E-state index in [2.05, 4.69) is 22.2 Å². The lowest BCUT2D eigenvalue weighted by Crippen LogP contribution is -2.33. The molecule has 3 rings (SSSR count). The summed E-state index contributed by atoms with van der Waals surface area (Å²) in [5.41, 5.74) is 1.82. The first-order valence-electron chi connectivity index (χ1n) is 6.23. The monoisotopic (exact) mass is 283 g/mol. The van der Waals surface area contributed by atoms with E-state index in [1.165, 1.54) is 12.8 Å². The van der Waals surface area contributed by atoms with Gasteiger partial charge < -0.3 is 10.3 Å². The molecule has 1 fully saturated rings. The fourth-order valence-electron chi connectivity index (χ4n) is 2.59. The maximum atomic E-state index is 6.02. The number of hydrogen-bond acceptors (Lipinski definition) is 2. The molecular weight excluding hydrogens is 269 g/mol. The lowest BCUT2D eigenvalue weighted by molar-refractivity contribution is 0.296. The quantitative estimate of drug-likeness (QED) is 0.833. The smallest absolute Gasteiger partial charge is 0.124 e. The van der Waals surface area contributed by atoms with Gasteiger partial charge in [0.25, 0.3) is 0 Å². The third-order valence-electron chi connectivity index (χ3n) is 3.61. The van der Waals surface area contributed by atoms with E-state index in [0.29, 0.717) is 22.0 Å². The maximum Gasteiger partial charge on any atom is 0.124 e. The third kappa shape index (κ3) is 2.11. The van der Waals surface area contributed by atoms with E-state index >= 15 is 0 Å². The van der Waals surface area contributed by atoms with Crippen molar-refractivity contribution >= 4 is 34.2 Å². The second kappa shape index (κ2) is 4.72. The largest absolute Gasteiger partial charge is 0.341 e. The first-order chi connectivity index (χ1) is 8.65. The molecule has 2 unspecified atom stereocenters. The molecule has 1 saturated heterocycles. The highest BCUT2D eigenvalue weighted by atomic mass is 35.5. The fourth-order valence-corrected chi connectivity index (χ4v) is 2.91. The summed E-state index contributed by atoms with van der Waals surface area (Å²) >= 11 is 12.0. The van der Waals surface area contributed by atoms with Crippen molar-refractivity contribution in [3.63, 3.8) is 0 Å². The summed E-state index contributed by atoms with van der Waals surface area (Å²) in [6.07, 6.45) is 2.46. The van der Waals surface area contributed by atoms with E-state index in [0.717, 1.165) is 23.4 Å². The van der Waals surface area contributed by atoms with Crippen molar-refractivity contribution in [1.82, 2.24) is 15.3 Å². The van der Waals surface area contributed by atoms with E-state index in [1.54, 1.807) is 0 Å². The van der Waals surface area contributed by atoms with E-state index in [-0.39, 0.29) is 0 Å². The number of fused-ring (bicyclic) bond motifs is 1. The summed E-state index contributed by atoms with van der Waals surface area (Å²) in [6.45, 7) is 3.30. The number of benzene rings is 1. The van der Waals surface area contributed by atoms with Crippen LogP contribution in [0, 0.1) is 5.92 Å². The second-order valence-electron chi connectivity index (χ2n) is 4.96. The van der Waals surface area contributed by atoms with Gasteiger partial charge in [-0.3, -0.25) is 0 Å². The van der Waals surface area contributed by atoms with Gasteiger partial charge in [-0.1, -0.05) is 30.1 Å². The van der Waals surface area contributed by atoms with Crippen LogP contribution in [0.25, 0.3) is 11.0 Å². The van der Waals surface area contributed by atoms with E-state index < -0.39 is 0 Å². The highest BCUT2D eigenvalue weighted by molar-refractivity contribution is 6.42. The molecule has 2 aromatic rings. The first-order valence-corrected chi connectivity index (χ1v) is 6.99. The van der Waals surface area contributed by atoms with Crippen LogP contribution in [0.4, 0.5) is 0 Å². The molecule has 2 atom stereocenters. The third-order valence-corrected chi connectivity index (χ3v) is 4.33. The highest BCUT2D eigenvalue weighted by Crippen LogP contribution is 2.31. The normalized spacial score (nSPS) is 24.6. The molecule has 96 valence electrons. The number of rotatable bonds is 1. The highest BCUT2D eigenvalue weighted by Gasteiger charge is 2.25. The Morgan fingerprint density at radius 3 is 2.83 bits per heavy atom. The van der Waals surface area contributed by atoms with Gasteiger partial charge in [0.05, 0.1) is 27.1 Å². The van der Waals surface area contributed by atoms with Gasteiger partial charge in [0.15, 0.2) is 0 Å². The number of halogens is 2. The van der Waals surface area contributed by atoms with Crippen molar-refractivity contribution in [3.8, 4) is 0 Å². The van der Waals surface area contributed by atoms with Gasteiger partial charge in [-0.15, -0.1) is 0 Å². The minimum absolute atomic E-state index is 0.295. The second-order valence-corrected chi connectivity index (χ2v) is 5.77. The predicted molar refractivity (Wildman–Crippen MR) is 75.3 cm³/mol. The lowest BCUT2D eigenvalue weighted by Gasteiger charge is -2.28. The van der Waals surface area contributed by atoms with Crippen LogP contribution < -0.4 is 5.32 Å². The number of nitrogens with zero attached hydrogens (tertiary/aromatic N) is 1. The van der Waals surface area contributed by atoms with Crippen LogP contribution in [-0.4, -0.2) is 16.5 Å². The fraction of sp³-hybridized carbons (Fsp3) is 0.462. The van der Waals surface area contributed by atoms with Crippen LogP contribution in [0.5, 0.6) is 0 Å². The Bertz CT molecular complexity index is 540. The van der Waals surface area contributed by atoms with Crippen molar-refractivity contribution in [2.75, 3.05) is 6.54 Å². The molecule has 0 spiro atoms. The molecule has 1 aromatic heterocycles. The average Bonchev–Trinajstić information content (AvgIpc) is 2.73. The Balaban J connectivity index is 2.02. The molecule has 3 nitrogen and oxygen atoms in total. The Morgan fingerprint density at radius 2 is 2.06 bits per heavy atom. The number of aromatic amines is 1. The van der Waals surface area contributed by atoms with Gasteiger partial charge >= 0.3 is 0 Å². The average molecular weight is 284 g/mol. The van der Waals surface area contributed by atoms with E-state index in [9.17, 15) is 0 Å². The zero-order chi connectivity index (χ0) is 12.7. The number of imidazole rings is 1. The molecule has 2 heterocycles. The minimum atomic E-state index is 0.295. The molecule has 0 amide bonds. The molecule has 0 saturated carbocycles. The van der Waals surface area contributed by atoms with Gasteiger partial charge in [0, 0.05) is 0 Å². The van der Waals surface area contributed by atoms with E-state index in [1.807, 2.05) is 12.1 Å². The maximum absolute atomic E-state index is 6.02. The summed E-state index contributed by atoms with van der Waals surface area (Å²) in [4.78, 5) is 7.97. The van der Waals surface area contributed by atoms with Crippen molar-refractivity contribution < 1.29 is 0 Å². The number of H-pyrrole nitrogens is 1. The Morgan fingerprint density at radius 1 is 1.28 bits per heavy atom.